The Kier molecular flexibility index (Phi) is 6.30. The van der Waals surface area contributed by atoms with Gasteiger partial charge in [-0.05, 0) is 37.0 Å². The Bertz CT molecular complexity index is 1450. The third kappa shape index (κ3) is 4.51. The van der Waals surface area contributed by atoms with Crippen molar-refractivity contribution in [2.45, 2.75) is 37.6 Å². The molecule has 202 valence electrons. The number of hydrogen-bond acceptors (Lipinski definition) is 8. The van der Waals surface area contributed by atoms with E-state index in [4.69, 9.17) is 16.3 Å². The van der Waals surface area contributed by atoms with Crippen LogP contribution in [0.15, 0.2) is 29.2 Å². The summed E-state index contributed by atoms with van der Waals surface area (Å²) in [5.74, 6) is -2.64. The molecule has 0 radical (unpaired) electrons. The molecule has 4 heterocycles. The number of anilines is 4. The van der Waals surface area contributed by atoms with E-state index in [-0.39, 0.29) is 35.7 Å². The van der Waals surface area contributed by atoms with Gasteiger partial charge in [0, 0.05) is 50.1 Å². The number of pyridine rings is 1. The first-order valence-corrected chi connectivity index (χ1v) is 13.2. The first-order valence-electron chi connectivity index (χ1n) is 12.8. The molecule has 38 heavy (non-hydrogen) atoms. The molecule has 0 bridgehead atoms. The Labute approximate surface area is 222 Å². The highest BCUT2D eigenvalue weighted by molar-refractivity contribution is 6.32. The van der Waals surface area contributed by atoms with Crippen molar-refractivity contribution in [3.63, 3.8) is 0 Å². The van der Waals surface area contributed by atoms with Crippen LogP contribution in [0.2, 0.25) is 5.02 Å². The predicted octanol–water partition coefficient (Wildman–Crippen LogP) is 4.15. The quantitative estimate of drug-likeness (QED) is 0.438. The van der Waals surface area contributed by atoms with Crippen molar-refractivity contribution < 1.29 is 18.6 Å². The fourth-order valence-electron chi connectivity index (χ4n) is 5.36. The number of nitrogens with zero attached hydrogens (tertiary/aromatic N) is 4. The summed E-state index contributed by atoms with van der Waals surface area (Å²) in [6.07, 6.45) is 4.22. The zero-order chi connectivity index (χ0) is 26.6. The van der Waals surface area contributed by atoms with Gasteiger partial charge in [-0.1, -0.05) is 11.6 Å². The van der Waals surface area contributed by atoms with E-state index in [1.54, 1.807) is 16.5 Å². The maximum atomic E-state index is 14.1. The molecule has 0 amide bonds. The molecule has 3 aliphatic rings. The van der Waals surface area contributed by atoms with Gasteiger partial charge in [-0.15, -0.1) is 0 Å². The van der Waals surface area contributed by atoms with Crippen molar-refractivity contribution in [2.75, 3.05) is 41.8 Å². The van der Waals surface area contributed by atoms with E-state index in [1.165, 1.54) is 19.0 Å². The first-order chi connectivity index (χ1) is 18.2. The normalized spacial score (nSPS) is 22.8. The molecular formula is C26H29ClF2N6O3. The van der Waals surface area contributed by atoms with Crippen LogP contribution in [0.1, 0.15) is 25.7 Å². The van der Waals surface area contributed by atoms with Crippen LogP contribution in [0.4, 0.5) is 31.9 Å². The van der Waals surface area contributed by atoms with Gasteiger partial charge in [0.25, 0.3) is 11.5 Å². The highest BCUT2D eigenvalue weighted by atomic mass is 35.5. The van der Waals surface area contributed by atoms with Crippen molar-refractivity contribution in [1.82, 2.24) is 14.5 Å². The average molecular weight is 547 g/mol. The molecule has 3 N–H and O–H groups in total. The number of hydrogen-bond donors (Lipinski definition) is 3. The second-order valence-electron chi connectivity index (χ2n) is 10.4. The van der Waals surface area contributed by atoms with Gasteiger partial charge < -0.3 is 29.9 Å². The lowest BCUT2D eigenvalue weighted by Crippen LogP contribution is -2.49. The van der Waals surface area contributed by atoms with Gasteiger partial charge in [-0.2, -0.15) is 4.98 Å². The third-order valence-corrected chi connectivity index (χ3v) is 8.08. The third-order valence-electron chi connectivity index (χ3n) is 7.80. The molecule has 1 saturated heterocycles. The van der Waals surface area contributed by atoms with Crippen molar-refractivity contribution in [3.8, 4) is 5.75 Å². The van der Waals surface area contributed by atoms with Crippen LogP contribution in [-0.2, 0) is 7.05 Å². The van der Waals surface area contributed by atoms with Gasteiger partial charge in [0.2, 0.25) is 11.7 Å². The van der Waals surface area contributed by atoms with Gasteiger partial charge in [0.15, 0.2) is 5.82 Å². The Balaban J connectivity index is 1.34. The second kappa shape index (κ2) is 9.53. The minimum atomic E-state index is -2.93. The highest BCUT2D eigenvalue weighted by Gasteiger charge is 2.44. The number of benzene rings is 1. The number of alkyl halides is 2. The van der Waals surface area contributed by atoms with Gasteiger partial charge in [-0.25, -0.2) is 13.8 Å². The van der Waals surface area contributed by atoms with Gasteiger partial charge in [0.05, 0.1) is 36.5 Å². The number of aryl methyl sites for hydroxylation is 1. The summed E-state index contributed by atoms with van der Waals surface area (Å²) in [5, 5.41) is 17.4. The predicted molar refractivity (Wildman–Crippen MR) is 142 cm³/mol. The van der Waals surface area contributed by atoms with E-state index >= 15 is 0 Å². The van der Waals surface area contributed by atoms with E-state index in [0.717, 1.165) is 17.3 Å². The minimum absolute atomic E-state index is 0.0610. The Morgan fingerprint density at radius 3 is 2.89 bits per heavy atom. The summed E-state index contributed by atoms with van der Waals surface area (Å²) in [4.78, 5) is 23.4. The molecule has 6 rings (SSSR count). The minimum Gasteiger partial charge on any atom is -0.486 e. The number of aliphatic hydroxyl groups is 1. The molecular weight excluding hydrogens is 518 g/mol. The molecule has 2 fully saturated rings. The average Bonchev–Trinajstić information content (AvgIpc) is 3.75. The van der Waals surface area contributed by atoms with Crippen LogP contribution in [0.5, 0.6) is 5.75 Å². The topological polar surface area (TPSA) is 105 Å². The number of fused-ring (bicyclic) bond motifs is 3. The zero-order valence-electron chi connectivity index (χ0n) is 20.9. The van der Waals surface area contributed by atoms with Crippen molar-refractivity contribution in [2.24, 2.45) is 18.9 Å². The molecule has 2 atom stereocenters. The van der Waals surface area contributed by atoms with Crippen LogP contribution in [0, 0.1) is 11.8 Å². The van der Waals surface area contributed by atoms with E-state index in [9.17, 15) is 18.7 Å². The largest absolute Gasteiger partial charge is 0.486 e. The zero-order valence-corrected chi connectivity index (χ0v) is 21.6. The van der Waals surface area contributed by atoms with Crippen molar-refractivity contribution in [3.05, 3.63) is 39.8 Å². The van der Waals surface area contributed by atoms with E-state index in [1.807, 2.05) is 18.2 Å². The molecule has 9 nitrogen and oxygen atoms in total. The Morgan fingerprint density at radius 2 is 2.13 bits per heavy atom. The number of ether oxygens (including phenoxy) is 1. The molecule has 1 saturated carbocycles. The van der Waals surface area contributed by atoms with Gasteiger partial charge >= 0.3 is 0 Å². The summed E-state index contributed by atoms with van der Waals surface area (Å²) in [6.45, 7) is -0.132. The molecule has 1 aromatic carbocycles. The number of aliphatic hydroxyl groups excluding tert-OH is 1. The molecule has 12 heteroatoms. The lowest BCUT2D eigenvalue weighted by atomic mass is 9.94. The summed E-state index contributed by atoms with van der Waals surface area (Å²) in [7, 11) is 1.72. The monoisotopic (exact) mass is 546 g/mol. The fourth-order valence-corrected chi connectivity index (χ4v) is 5.50. The number of aromatic nitrogens is 3. The summed E-state index contributed by atoms with van der Waals surface area (Å²) < 4.78 is 35.7. The first kappa shape index (κ1) is 25.1. The highest BCUT2D eigenvalue weighted by Crippen LogP contribution is 2.41. The van der Waals surface area contributed by atoms with E-state index < -0.39 is 24.9 Å². The van der Waals surface area contributed by atoms with Crippen molar-refractivity contribution in [1.29, 1.82) is 0 Å². The molecule has 0 spiro atoms. The molecule has 1 aliphatic carbocycles. The van der Waals surface area contributed by atoms with E-state index in [2.05, 4.69) is 20.6 Å². The molecule has 2 aromatic heterocycles. The summed E-state index contributed by atoms with van der Waals surface area (Å²) in [6, 6.07) is 5.85. The second-order valence-corrected chi connectivity index (χ2v) is 10.8. The smallest absolute Gasteiger partial charge is 0.295 e. The summed E-state index contributed by atoms with van der Waals surface area (Å²) >= 11 is 6.40. The lowest BCUT2D eigenvalue weighted by Gasteiger charge is -2.37. The molecule has 3 aromatic rings. The number of nitrogens with one attached hydrogen (secondary N) is 2. The molecule has 0 unspecified atom stereocenters. The standard InChI is InChI=1S/C26H29ClF2N6O3/c1-34-20-5-4-16(10-17(20)21-22(24(34)37)38-9-6-19(32-21)14-2-3-14)31-23-18(27)11-30-25(33-23)35-8-7-26(28,29)15(12-35)13-36/h4-5,10-11,14-15,19,32,36H,2-3,6-9,12-13H2,1H3,(H,30,31,33)/t15-,19+/m0/s1. The number of piperidine rings is 1. The summed E-state index contributed by atoms with van der Waals surface area (Å²) in [5.41, 5.74) is 1.94. The van der Waals surface area contributed by atoms with Crippen LogP contribution < -0.4 is 25.8 Å². The van der Waals surface area contributed by atoms with Crippen LogP contribution >= 0.6 is 11.6 Å². The fraction of sp³-hybridized carbons (Fsp3) is 0.500. The number of rotatable bonds is 5. The van der Waals surface area contributed by atoms with Crippen LogP contribution in [0.3, 0.4) is 0 Å². The Hall–Kier alpha value is -3.18. The van der Waals surface area contributed by atoms with Crippen LogP contribution in [-0.4, -0.2) is 57.9 Å². The van der Waals surface area contributed by atoms with Crippen molar-refractivity contribution >= 4 is 45.6 Å². The Morgan fingerprint density at radius 1 is 1.32 bits per heavy atom. The lowest BCUT2D eigenvalue weighted by molar-refractivity contribution is -0.0881. The maximum absolute atomic E-state index is 14.1. The maximum Gasteiger partial charge on any atom is 0.295 e. The number of halogens is 3. The van der Waals surface area contributed by atoms with E-state index in [0.29, 0.717) is 35.5 Å². The molecule has 2 aliphatic heterocycles. The SMILES string of the molecule is Cn1c(=O)c2c(c3cc(Nc4nc(N5CCC(F)(F)[C@H](CO)C5)ncc4Cl)ccc31)N[C@@H](C1CC1)CCO2. The van der Waals surface area contributed by atoms with Gasteiger partial charge in [-0.3, -0.25) is 4.79 Å². The van der Waals surface area contributed by atoms with Crippen LogP contribution in [0.25, 0.3) is 10.9 Å². The van der Waals surface area contributed by atoms with Gasteiger partial charge in [0.1, 0.15) is 5.02 Å².